The second-order valence-corrected chi connectivity index (χ2v) is 5.47. The normalized spacial score (nSPS) is 11.2. The molecule has 0 aliphatic carbocycles. The van der Waals surface area contributed by atoms with Crippen LogP contribution in [0.3, 0.4) is 0 Å². The van der Waals surface area contributed by atoms with Crippen molar-refractivity contribution in [1.82, 2.24) is 4.31 Å². The molecule has 0 saturated heterocycles. The SMILES string of the molecule is CCCCCCCCCCSN(C)/C=N/C. The van der Waals surface area contributed by atoms with Gasteiger partial charge in [-0.25, -0.2) is 0 Å². The molecule has 0 saturated carbocycles. The van der Waals surface area contributed by atoms with E-state index >= 15 is 0 Å². The molecule has 0 aromatic rings. The maximum absolute atomic E-state index is 3.97. The van der Waals surface area contributed by atoms with E-state index in [1.807, 2.05) is 25.3 Å². The number of hydrogen-bond acceptors (Lipinski definition) is 2. The van der Waals surface area contributed by atoms with Crippen LogP contribution in [-0.2, 0) is 0 Å². The third kappa shape index (κ3) is 11.9. The smallest absolute Gasteiger partial charge is 0.0943 e. The molecule has 0 radical (unpaired) electrons. The van der Waals surface area contributed by atoms with Crippen molar-refractivity contribution >= 4 is 18.3 Å². The molecule has 2 nitrogen and oxygen atoms in total. The van der Waals surface area contributed by atoms with Gasteiger partial charge in [-0.15, -0.1) is 0 Å². The molecular formula is C13H28N2S. The van der Waals surface area contributed by atoms with Crippen LogP contribution in [0.5, 0.6) is 0 Å². The Morgan fingerprint density at radius 3 is 2.12 bits per heavy atom. The third-order valence-electron chi connectivity index (χ3n) is 2.57. The predicted octanol–water partition coefficient (Wildman–Crippen LogP) is 4.37. The average molecular weight is 244 g/mol. The van der Waals surface area contributed by atoms with E-state index in [2.05, 4.69) is 23.3 Å². The maximum atomic E-state index is 3.97. The van der Waals surface area contributed by atoms with Crippen molar-refractivity contribution in [2.24, 2.45) is 4.99 Å². The summed E-state index contributed by atoms with van der Waals surface area (Å²) in [6.07, 6.45) is 13.1. The lowest BCUT2D eigenvalue weighted by Crippen LogP contribution is -2.06. The molecule has 0 rings (SSSR count). The second kappa shape index (κ2) is 12.9. The minimum Gasteiger partial charge on any atom is -0.310 e. The maximum Gasteiger partial charge on any atom is 0.0943 e. The van der Waals surface area contributed by atoms with E-state index in [4.69, 9.17) is 0 Å². The van der Waals surface area contributed by atoms with Crippen molar-refractivity contribution in [3.05, 3.63) is 0 Å². The van der Waals surface area contributed by atoms with E-state index in [9.17, 15) is 0 Å². The van der Waals surface area contributed by atoms with Gasteiger partial charge in [0.05, 0.1) is 6.34 Å². The Hall–Kier alpha value is -0.180. The van der Waals surface area contributed by atoms with Crippen LogP contribution in [-0.4, -0.2) is 30.5 Å². The number of unbranched alkanes of at least 4 members (excludes halogenated alkanes) is 7. The standard InChI is InChI=1S/C13H28N2S/c1-4-5-6-7-8-9-10-11-12-16-15(3)13-14-2/h13H,4-12H2,1-3H3/b14-13+. The van der Waals surface area contributed by atoms with Crippen molar-refractivity contribution in [1.29, 1.82) is 0 Å². The highest BCUT2D eigenvalue weighted by Crippen LogP contribution is 2.12. The quantitative estimate of drug-likeness (QED) is 0.232. The number of hydrogen-bond donors (Lipinski definition) is 0. The molecule has 96 valence electrons. The van der Waals surface area contributed by atoms with Crippen LogP contribution in [0.15, 0.2) is 4.99 Å². The van der Waals surface area contributed by atoms with Crippen LogP contribution >= 0.6 is 11.9 Å². The summed E-state index contributed by atoms with van der Waals surface area (Å²) in [6.45, 7) is 2.27. The van der Waals surface area contributed by atoms with Gasteiger partial charge in [-0.3, -0.25) is 4.99 Å². The van der Waals surface area contributed by atoms with Crippen LogP contribution in [0, 0.1) is 0 Å². The summed E-state index contributed by atoms with van der Waals surface area (Å²) in [5, 5.41) is 0. The summed E-state index contributed by atoms with van der Waals surface area (Å²) in [4.78, 5) is 3.97. The molecule has 0 aliphatic heterocycles. The van der Waals surface area contributed by atoms with Crippen LogP contribution in [0.1, 0.15) is 58.3 Å². The third-order valence-corrected chi connectivity index (χ3v) is 3.54. The summed E-state index contributed by atoms with van der Waals surface area (Å²) in [5.74, 6) is 1.22. The Labute approximate surface area is 106 Å². The van der Waals surface area contributed by atoms with Gasteiger partial charge in [-0.05, 0) is 18.4 Å². The van der Waals surface area contributed by atoms with Gasteiger partial charge in [0, 0.05) is 19.8 Å². The molecule has 0 unspecified atom stereocenters. The van der Waals surface area contributed by atoms with Gasteiger partial charge in [-0.1, -0.05) is 51.9 Å². The van der Waals surface area contributed by atoms with Crippen molar-refractivity contribution in [2.75, 3.05) is 19.8 Å². The van der Waals surface area contributed by atoms with E-state index in [1.54, 1.807) is 0 Å². The molecule has 3 heteroatoms. The van der Waals surface area contributed by atoms with Crippen molar-refractivity contribution < 1.29 is 0 Å². The summed E-state index contributed by atoms with van der Waals surface area (Å²) >= 11 is 1.86. The highest BCUT2D eigenvalue weighted by Gasteiger charge is 1.94. The Kier molecular flexibility index (Phi) is 12.7. The zero-order valence-corrected chi connectivity index (χ0v) is 12.1. The lowest BCUT2D eigenvalue weighted by atomic mass is 10.1. The Bertz CT molecular complexity index is 160. The predicted molar refractivity (Wildman–Crippen MR) is 77.2 cm³/mol. The first-order chi connectivity index (χ1) is 7.81. The van der Waals surface area contributed by atoms with Gasteiger partial charge in [0.2, 0.25) is 0 Å². The molecule has 0 heterocycles. The lowest BCUT2D eigenvalue weighted by molar-refractivity contribution is 0.586. The molecule has 0 N–H and O–H groups in total. The summed E-state index contributed by atoms with van der Waals surface area (Å²) in [6, 6.07) is 0. The average Bonchev–Trinajstić information content (AvgIpc) is 2.27. The van der Waals surface area contributed by atoms with Gasteiger partial charge < -0.3 is 4.31 Å². The van der Waals surface area contributed by atoms with Gasteiger partial charge in [-0.2, -0.15) is 0 Å². The first kappa shape index (κ1) is 15.8. The molecule has 0 aromatic carbocycles. The van der Waals surface area contributed by atoms with Crippen LogP contribution < -0.4 is 0 Å². The Morgan fingerprint density at radius 2 is 1.56 bits per heavy atom. The highest BCUT2D eigenvalue weighted by atomic mass is 32.2. The van der Waals surface area contributed by atoms with E-state index < -0.39 is 0 Å². The monoisotopic (exact) mass is 244 g/mol. The van der Waals surface area contributed by atoms with E-state index in [0.717, 1.165) is 0 Å². The fourth-order valence-electron chi connectivity index (χ4n) is 1.64. The van der Waals surface area contributed by atoms with E-state index in [0.29, 0.717) is 0 Å². The summed E-state index contributed by atoms with van der Waals surface area (Å²) in [7, 11) is 3.87. The first-order valence-electron chi connectivity index (χ1n) is 6.59. The molecule has 16 heavy (non-hydrogen) atoms. The van der Waals surface area contributed by atoms with E-state index in [-0.39, 0.29) is 0 Å². The topological polar surface area (TPSA) is 15.6 Å². The molecule has 0 atom stereocenters. The number of rotatable bonds is 11. The van der Waals surface area contributed by atoms with Crippen LogP contribution in [0.2, 0.25) is 0 Å². The second-order valence-electron chi connectivity index (χ2n) is 4.23. The minimum absolute atomic E-state index is 1.22. The summed E-state index contributed by atoms with van der Waals surface area (Å²) < 4.78 is 2.08. The Morgan fingerprint density at radius 1 is 1.00 bits per heavy atom. The molecule has 0 amide bonds. The fourth-order valence-corrected chi connectivity index (χ4v) is 2.42. The van der Waals surface area contributed by atoms with Crippen molar-refractivity contribution in [3.8, 4) is 0 Å². The molecule has 0 aliphatic rings. The highest BCUT2D eigenvalue weighted by molar-refractivity contribution is 7.97. The zero-order chi connectivity index (χ0) is 12.1. The van der Waals surface area contributed by atoms with Crippen molar-refractivity contribution in [2.45, 2.75) is 58.3 Å². The van der Waals surface area contributed by atoms with E-state index in [1.165, 1.54) is 57.1 Å². The van der Waals surface area contributed by atoms with Gasteiger partial charge >= 0.3 is 0 Å². The molecule has 0 fully saturated rings. The molecule has 0 aromatic heterocycles. The number of aliphatic imine (C=N–C) groups is 1. The van der Waals surface area contributed by atoms with Crippen LogP contribution in [0.4, 0.5) is 0 Å². The molecule has 0 spiro atoms. The Balaban J connectivity index is 3.04. The zero-order valence-electron chi connectivity index (χ0n) is 11.2. The van der Waals surface area contributed by atoms with Gasteiger partial charge in [0.25, 0.3) is 0 Å². The van der Waals surface area contributed by atoms with Gasteiger partial charge in [0.15, 0.2) is 0 Å². The number of nitrogens with zero attached hydrogens (tertiary/aromatic N) is 2. The molecule has 0 bridgehead atoms. The van der Waals surface area contributed by atoms with Gasteiger partial charge in [0.1, 0.15) is 0 Å². The first-order valence-corrected chi connectivity index (χ1v) is 7.53. The van der Waals surface area contributed by atoms with Crippen molar-refractivity contribution in [3.63, 3.8) is 0 Å². The summed E-state index contributed by atoms with van der Waals surface area (Å²) in [5.41, 5.74) is 0. The van der Waals surface area contributed by atoms with Crippen LogP contribution in [0.25, 0.3) is 0 Å². The largest absolute Gasteiger partial charge is 0.310 e. The lowest BCUT2D eigenvalue weighted by Gasteiger charge is -2.10. The molecular weight excluding hydrogens is 216 g/mol. The fraction of sp³-hybridized carbons (Fsp3) is 0.923. The minimum atomic E-state index is 1.22.